The maximum atomic E-state index is 12.8. The lowest BCUT2D eigenvalue weighted by Crippen LogP contribution is -2.14. The zero-order valence-corrected chi connectivity index (χ0v) is 21.5. The lowest BCUT2D eigenvalue weighted by atomic mass is 10.1. The lowest BCUT2D eigenvalue weighted by Gasteiger charge is -2.17. The van der Waals surface area contributed by atoms with Crippen LogP contribution in [0.4, 0.5) is 5.69 Å². The fourth-order valence-corrected chi connectivity index (χ4v) is 4.67. The number of rotatable bonds is 14. The van der Waals surface area contributed by atoms with Gasteiger partial charge in [-0.05, 0) is 64.2 Å². The molecule has 34 heavy (non-hydrogen) atoms. The van der Waals surface area contributed by atoms with E-state index in [0.29, 0.717) is 60.2 Å². The Labute approximate surface area is 206 Å². The summed E-state index contributed by atoms with van der Waals surface area (Å²) in [6, 6.07) is 4.59. The van der Waals surface area contributed by atoms with Crippen molar-refractivity contribution in [2.24, 2.45) is 5.92 Å². The van der Waals surface area contributed by atoms with Crippen molar-refractivity contribution in [3.63, 3.8) is 0 Å². The molecule has 3 rings (SSSR count). The van der Waals surface area contributed by atoms with Gasteiger partial charge in [0.2, 0.25) is 5.88 Å². The van der Waals surface area contributed by atoms with Gasteiger partial charge in [0.15, 0.2) is 19.9 Å². The van der Waals surface area contributed by atoms with Gasteiger partial charge in [-0.1, -0.05) is 11.6 Å². The number of hydrogen-bond acceptors (Lipinski definition) is 7. The smallest absolute Gasteiger partial charge is 0.255 e. The molecular formula is C24H32ClN2O6P. The van der Waals surface area contributed by atoms with Gasteiger partial charge >= 0.3 is 0 Å². The van der Waals surface area contributed by atoms with E-state index < -0.39 is 14.3 Å². The van der Waals surface area contributed by atoms with Crippen molar-refractivity contribution in [3.8, 4) is 17.4 Å². The highest BCUT2D eigenvalue weighted by atomic mass is 35.5. The van der Waals surface area contributed by atoms with Gasteiger partial charge < -0.3 is 28.9 Å². The minimum absolute atomic E-state index is 0.0751. The van der Waals surface area contributed by atoms with Gasteiger partial charge in [-0.25, -0.2) is 4.98 Å². The van der Waals surface area contributed by atoms with E-state index in [-0.39, 0.29) is 11.3 Å². The summed E-state index contributed by atoms with van der Waals surface area (Å²) in [7, 11) is -0.914. The van der Waals surface area contributed by atoms with Crippen molar-refractivity contribution in [2.75, 3.05) is 37.9 Å². The number of halogens is 1. The molecule has 10 heteroatoms. The molecule has 0 unspecified atom stereocenters. The summed E-state index contributed by atoms with van der Waals surface area (Å²) >= 11 is 6.31. The first kappa shape index (κ1) is 26.5. The molecule has 1 saturated carbocycles. The number of nitrogens with zero attached hydrogens (tertiary/aromatic N) is 1. The molecule has 1 aromatic carbocycles. The van der Waals surface area contributed by atoms with Crippen molar-refractivity contribution >= 4 is 31.6 Å². The fourth-order valence-electron chi connectivity index (χ4n) is 3.14. The van der Waals surface area contributed by atoms with Gasteiger partial charge in [-0.15, -0.1) is 0 Å². The van der Waals surface area contributed by atoms with Crippen molar-refractivity contribution in [3.05, 3.63) is 40.5 Å². The maximum Gasteiger partial charge on any atom is 0.255 e. The van der Waals surface area contributed by atoms with Crippen molar-refractivity contribution in [1.29, 1.82) is 0 Å². The first-order valence-electron chi connectivity index (χ1n) is 11.5. The van der Waals surface area contributed by atoms with E-state index in [1.807, 2.05) is 13.8 Å². The van der Waals surface area contributed by atoms with Crippen LogP contribution in [0.5, 0.6) is 17.4 Å². The molecule has 1 fully saturated rings. The third-order valence-electron chi connectivity index (χ3n) is 5.13. The van der Waals surface area contributed by atoms with Gasteiger partial charge in [0.05, 0.1) is 43.3 Å². The number of anilines is 1. The van der Waals surface area contributed by atoms with Crippen LogP contribution < -0.4 is 14.8 Å². The van der Waals surface area contributed by atoms with E-state index in [0.717, 1.165) is 25.4 Å². The predicted molar refractivity (Wildman–Crippen MR) is 133 cm³/mol. The minimum Gasteiger partial charge on any atom is -0.504 e. The van der Waals surface area contributed by atoms with Crippen LogP contribution in [0.15, 0.2) is 24.4 Å². The number of aromatic nitrogens is 1. The topological polar surface area (TPSA) is 99.1 Å². The molecule has 0 spiro atoms. The molecule has 0 radical (unpaired) electrons. The molecule has 1 aliphatic rings. The van der Waals surface area contributed by atoms with E-state index in [9.17, 15) is 9.90 Å². The SMILES string of the molecule is CCOP(CCCOc1ncc(Cl)c(NC(=O)c2ccc(OCC3CC3)c(O)c2)c1C)OCC. The molecule has 0 bridgehead atoms. The Morgan fingerprint density at radius 3 is 2.62 bits per heavy atom. The number of nitrogens with one attached hydrogen (secondary N) is 1. The zero-order valence-electron chi connectivity index (χ0n) is 19.8. The van der Waals surface area contributed by atoms with Crippen LogP contribution in [0.3, 0.4) is 0 Å². The molecule has 0 aliphatic heterocycles. The number of hydrogen-bond donors (Lipinski definition) is 2. The maximum absolute atomic E-state index is 12.8. The average Bonchev–Trinajstić information content (AvgIpc) is 3.64. The number of phenolic OH excluding ortho intramolecular Hbond substituents is 1. The second kappa shape index (κ2) is 13.1. The predicted octanol–water partition coefficient (Wildman–Crippen LogP) is 5.94. The van der Waals surface area contributed by atoms with Gasteiger partial charge in [-0.3, -0.25) is 4.79 Å². The minimum atomic E-state index is -0.914. The van der Waals surface area contributed by atoms with Crippen molar-refractivity contribution in [1.82, 2.24) is 4.98 Å². The van der Waals surface area contributed by atoms with Crippen LogP contribution >= 0.6 is 20.0 Å². The Morgan fingerprint density at radius 1 is 1.24 bits per heavy atom. The Balaban J connectivity index is 1.59. The van der Waals surface area contributed by atoms with E-state index >= 15 is 0 Å². The highest BCUT2D eigenvalue weighted by molar-refractivity contribution is 7.47. The molecule has 2 N–H and O–H groups in total. The molecule has 1 heterocycles. The van der Waals surface area contributed by atoms with Crippen molar-refractivity contribution in [2.45, 2.75) is 40.0 Å². The van der Waals surface area contributed by atoms with Crippen LogP contribution in [0.1, 0.15) is 49.0 Å². The Morgan fingerprint density at radius 2 is 1.97 bits per heavy atom. The standard InChI is InChI=1S/C24H32ClN2O6P/c1-4-32-34(33-5-2)12-6-11-30-24-16(3)22(19(25)14-26-24)27-23(29)18-9-10-21(20(28)13-18)31-15-17-7-8-17/h9-10,13-14,17,28H,4-8,11-12,15H2,1-3H3,(H,26,27,29). The highest BCUT2D eigenvalue weighted by Gasteiger charge is 2.23. The fraction of sp³-hybridized carbons (Fsp3) is 0.500. The summed E-state index contributed by atoms with van der Waals surface area (Å²) in [5.74, 6) is 0.838. The van der Waals surface area contributed by atoms with E-state index in [1.54, 1.807) is 19.1 Å². The monoisotopic (exact) mass is 510 g/mol. The number of pyridine rings is 1. The Hall–Kier alpha value is -2.12. The Kier molecular flexibility index (Phi) is 10.2. The van der Waals surface area contributed by atoms with E-state index in [4.69, 9.17) is 30.1 Å². The van der Waals surface area contributed by atoms with Crippen LogP contribution in [0.2, 0.25) is 5.02 Å². The number of carbonyl (C=O) groups excluding carboxylic acids is 1. The third-order valence-corrected chi connectivity index (χ3v) is 7.19. The number of aromatic hydroxyl groups is 1. The summed E-state index contributed by atoms with van der Waals surface area (Å²) in [5, 5.41) is 13.3. The summed E-state index contributed by atoms with van der Waals surface area (Å²) in [6.45, 7) is 7.90. The van der Waals surface area contributed by atoms with Crippen LogP contribution in [0.25, 0.3) is 0 Å². The number of benzene rings is 1. The molecule has 0 saturated heterocycles. The highest BCUT2D eigenvalue weighted by Crippen LogP contribution is 2.39. The molecule has 8 nitrogen and oxygen atoms in total. The normalized spacial score (nSPS) is 13.2. The lowest BCUT2D eigenvalue weighted by molar-refractivity contribution is 0.102. The second-order valence-corrected chi connectivity index (χ2v) is 9.93. The zero-order chi connectivity index (χ0) is 24.5. The number of carbonyl (C=O) groups is 1. The summed E-state index contributed by atoms with van der Waals surface area (Å²) in [6.07, 6.45) is 5.25. The van der Waals surface area contributed by atoms with E-state index in [1.165, 1.54) is 12.3 Å². The molecule has 1 aliphatic carbocycles. The summed E-state index contributed by atoms with van der Waals surface area (Å²) < 4.78 is 22.7. The molecular weight excluding hydrogens is 479 g/mol. The van der Waals surface area contributed by atoms with Gasteiger partial charge in [0.25, 0.3) is 5.91 Å². The first-order chi connectivity index (χ1) is 16.4. The molecule has 0 atom stereocenters. The molecule has 1 amide bonds. The second-order valence-electron chi connectivity index (χ2n) is 7.90. The van der Waals surface area contributed by atoms with Gasteiger partial charge in [0, 0.05) is 17.3 Å². The van der Waals surface area contributed by atoms with E-state index in [2.05, 4.69) is 10.3 Å². The number of amides is 1. The first-order valence-corrected chi connectivity index (χ1v) is 13.2. The quantitative estimate of drug-likeness (QED) is 0.239. The third kappa shape index (κ3) is 7.70. The Bertz CT molecular complexity index is 967. The number of ether oxygens (including phenoxy) is 2. The van der Waals surface area contributed by atoms with Gasteiger partial charge in [-0.2, -0.15) is 0 Å². The average molecular weight is 511 g/mol. The van der Waals surface area contributed by atoms with Crippen molar-refractivity contribution < 1.29 is 28.4 Å². The van der Waals surface area contributed by atoms with Crippen LogP contribution in [-0.4, -0.2) is 48.6 Å². The summed E-state index contributed by atoms with van der Waals surface area (Å²) in [4.78, 5) is 17.1. The summed E-state index contributed by atoms with van der Waals surface area (Å²) in [5.41, 5.74) is 1.31. The molecule has 186 valence electrons. The number of phenols is 1. The van der Waals surface area contributed by atoms with Crippen LogP contribution in [-0.2, 0) is 9.05 Å². The van der Waals surface area contributed by atoms with Gasteiger partial charge in [0.1, 0.15) is 0 Å². The largest absolute Gasteiger partial charge is 0.504 e. The molecule has 1 aromatic heterocycles. The molecule has 2 aromatic rings. The van der Waals surface area contributed by atoms with Crippen LogP contribution in [0, 0.1) is 12.8 Å².